The van der Waals surface area contributed by atoms with Crippen molar-refractivity contribution < 1.29 is 23.1 Å². The lowest BCUT2D eigenvalue weighted by Crippen LogP contribution is -2.05. The highest BCUT2D eigenvalue weighted by atomic mass is 32.2. The lowest BCUT2D eigenvalue weighted by molar-refractivity contribution is 0.0696. The van der Waals surface area contributed by atoms with Gasteiger partial charge in [-0.1, -0.05) is 19.1 Å². The second kappa shape index (κ2) is 5.92. The summed E-state index contributed by atoms with van der Waals surface area (Å²) in [6.07, 6.45) is 2.51. The molecule has 0 atom stereocenters. The van der Waals surface area contributed by atoms with Gasteiger partial charge in [0.1, 0.15) is 16.4 Å². The summed E-state index contributed by atoms with van der Waals surface area (Å²) in [7, 11) is -3.44. The zero-order valence-corrected chi connectivity index (χ0v) is 12.0. The van der Waals surface area contributed by atoms with E-state index in [9.17, 15) is 13.2 Å². The molecule has 0 aliphatic heterocycles. The minimum atomic E-state index is -3.44. The number of carboxylic acid groups (broad SMARTS) is 1. The second-order valence-corrected chi connectivity index (χ2v) is 6.41. The fraction of sp³-hybridized carbons (Fsp3) is 0.143. The highest BCUT2D eigenvalue weighted by Gasteiger charge is 2.18. The van der Waals surface area contributed by atoms with Crippen LogP contribution in [-0.2, 0) is 9.84 Å². The topological polar surface area (TPSA) is 93.6 Å². The highest BCUT2D eigenvalue weighted by Crippen LogP contribution is 2.29. The number of rotatable bonds is 5. The van der Waals surface area contributed by atoms with Gasteiger partial charge in [0.15, 0.2) is 9.84 Å². The number of carbonyl (C=O) groups is 1. The monoisotopic (exact) mass is 307 g/mol. The van der Waals surface area contributed by atoms with Crippen LogP contribution in [0.5, 0.6) is 11.5 Å². The van der Waals surface area contributed by atoms with Crippen LogP contribution >= 0.6 is 0 Å². The van der Waals surface area contributed by atoms with Crippen molar-refractivity contribution in [1.29, 1.82) is 0 Å². The molecule has 0 unspecified atom stereocenters. The summed E-state index contributed by atoms with van der Waals surface area (Å²) in [5.74, 6) is -0.888. The number of para-hydroxylation sites is 1. The van der Waals surface area contributed by atoms with Crippen LogP contribution in [0, 0.1) is 0 Å². The standard InChI is InChI=1S/C14H13NO5S/c1-2-21(18,19)13-6-4-3-5-12(13)20-11-7-10(14(16)17)8-15-9-11/h3-9H,2H2,1H3,(H,16,17). The lowest BCUT2D eigenvalue weighted by Gasteiger charge is -2.10. The Labute approximate surface area is 121 Å². The Balaban J connectivity index is 2.41. The van der Waals surface area contributed by atoms with Crippen LogP contribution in [-0.4, -0.2) is 30.2 Å². The molecule has 0 saturated carbocycles. The Bertz CT molecular complexity index is 770. The highest BCUT2D eigenvalue weighted by molar-refractivity contribution is 7.91. The molecule has 0 spiro atoms. The van der Waals surface area contributed by atoms with Crippen LogP contribution in [0.1, 0.15) is 17.3 Å². The summed E-state index contributed by atoms with van der Waals surface area (Å²) in [6, 6.07) is 7.48. The number of ether oxygens (including phenoxy) is 1. The molecule has 0 aliphatic carbocycles. The van der Waals surface area contributed by atoms with Crippen LogP contribution in [0.4, 0.5) is 0 Å². The number of pyridine rings is 1. The number of aromatic nitrogens is 1. The van der Waals surface area contributed by atoms with Crippen LogP contribution in [0.3, 0.4) is 0 Å². The maximum absolute atomic E-state index is 12.0. The summed E-state index contributed by atoms with van der Waals surface area (Å²) in [6.45, 7) is 1.54. The summed E-state index contributed by atoms with van der Waals surface area (Å²) >= 11 is 0. The van der Waals surface area contributed by atoms with Crippen molar-refractivity contribution in [3.05, 3.63) is 48.3 Å². The Kier molecular flexibility index (Phi) is 4.23. The molecular formula is C14H13NO5S. The van der Waals surface area contributed by atoms with Gasteiger partial charge in [0, 0.05) is 6.20 Å². The predicted octanol–water partition coefficient (Wildman–Crippen LogP) is 2.37. The molecule has 0 radical (unpaired) electrons. The molecule has 0 saturated heterocycles. The molecule has 21 heavy (non-hydrogen) atoms. The number of benzene rings is 1. The minimum absolute atomic E-state index is 0.0386. The first kappa shape index (κ1) is 15.0. The Morgan fingerprint density at radius 2 is 2.00 bits per heavy atom. The molecule has 7 heteroatoms. The SMILES string of the molecule is CCS(=O)(=O)c1ccccc1Oc1cncc(C(=O)O)c1. The molecule has 0 fully saturated rings. The minimum Gasteiger partial charge on any atom is -0.478 e. The Morgan fingerprint density at radius 1 is 1.29 bits per heavy atom. The van der Waals surface area contributed by atoms with Gasteiger partial charge < -0.3 is 9.84 Å². The van der Waals surface area contributed by atoms with Gasteiger partial charge in [-0.15, -0.1) is 0 Å². The molecule has 0 bridgehead atoms. The van der Waals surface area contributed by atoms with E-state index in [0.29, 0.717) is 0 Å². The zero-order chi connectivity index (χ0) is 15.5. The summed E-state index contributed by atoms with van der Waals surface area (Å²) in [4.78, 5) is 14.7. The second-order valence-electron chi connectivity index (χ2n) is 4.17. The van der Waals surface area contributed by atoms with Crippen LogP contribution < -0.4 is 4.74 Å². The molecule has 2 aromatic rings. The summed E-state index contributed by atoms with van der Waals surface area (Å²) in [5, 5.41) is 8.91. The van der Waals surface area contributed by atoms with Gasteiger partial charge in [-0.25, -0.2) is 13.2 Å². The first-order chi connectivity index (χ1) is 9.94. The number of aromatic carboxylic acids is 1. The zero-order valence-electron chi connectivity index (χ0n) is 11.2. The largest absolute Gasteiger partial charge is 0.478 e. The molecule has 1 heterocycles. The quantitative estimate of drug-likeness (QED) is 0.911. The molecule has 2 rings (SSSR count). The smallest absolute Gasteiger partial charge is 0.337 e. The first-order valence-electron chi connectivity index (χ1n) is 6.12. The van der Waals surface area contributed by atoms with E-state index in [-0.39, 0.29) is 27.7 Å². The predicted molar refractivity (Wildman–Crippen MR) is 75.4 cm³/mol. The van der Waals surface area contributed by atoms with E-state index in [1.807, 2.05) is 0 Å². The van der Waals surface area contributed by atoms with Crippen molar-refractivity contribution in [3.63, 3.8) is 0 Å². The molecule has 1 aromatic carbocycles. The molecular weight excluding hydrogens is 294 g/mol. The number of nitrogens with zero attached hydrogens (tertiary/aromatic N) is 1. The maximum Gasteiger partial charge on any atom is 0.337 e. The maximum atomic E-state index is 12.0. The first-order valence-corrected chi connectivity index (χ1v) is 7.77. The van der Waals surface area contributed by atoms with Crippen LogP contribution in [0.25, 0.3) is 0 Å². The number of hydrogen-bond acceptors (Lipinski definition) is 5. The van der Waals surface area contributed by atoms with E-state index >= 15 is 0 Å². The fourth-order valence-corrected chi connectivity index (χ4v) is 2.68. The van der Waals surface area contributed by atoms with Gasteiger partial charge in [0.2, 0.25) is 0 Å². The lowest BCUT2D eigenvalue weighted by atomic mass is 10.3. The average molecular weight is 307 g/mol. The molecule has 110 valence electrons. The van der Waals surface area contributed by atoms with Crippen molar-refractivity contribution in [3.8, 4) is 11.5 Å². The van der Waals surface area contributed by atoms with Crippen molar-refractivity contribution in [2.45, 2.75) is 11.8 Å². The number of carboxylic acids is 1. The third-order valence-corrected chi connectivity index (χ3v) is 4.52. The number of hydrogen-bond donors (Lipinski definition) is 1. The van der Waals surface area contributed by atoms with Gasteiger partial charge in [-0.3, -0.25) is 4.98 Å². The molecule has 0 aliphatic rings. The van der Waals surface area contributed by atoms with E-state index in [4.69, 9.17) is 9.84 Å². The third kappa shape index (κ3) is 3.38. The Hall–Kier alpha value is -2.41. The normalized spacial score (nSPS) is 11.1. The summed E-state index contributed by atoms with van der Waals surface area (Å²) in [5.41, 5.74) is -0.0386. The van der Waals surface area contributed by atoms with Gasteiger partial charge in [0.25, 0.3) is 0 Å². The number of sulfone groups is 1. The van der Waals surface area contributed by atoms with Gasteiger partial charge in [0.05, 0.1) is 17.5 Å². The Morgan fingerprint density at radius 3 is 2.67 bits per heavy atom. The van der Waals surface area contributed by atoms with E-state index in [1.54, 1.807) is 19.1 Å². The van der Waals surface area contributed by atoms with Gasteiger partial charge in [-0.05, 0) is 18.2 Å². The van der Waals surface area contributed by atoms with Crippen LogP contribution in [0.15, 0.2) is 47.6 Å². The van der Waals surface area contributed by atoms with E-state index < -0.39 is 15.8 Å². The van der Waals surface area contributed by atoms with Gasteiger partial charge in [-0.2, -0.15) is 0 Å². The van der Waals surface area contributed by atoms with Crippen molar-refractivity contribution in [2.75, 3.05) is 5.75 Å². The van der Waals surface area contributed by atoms with Crippen LogP contribution in [0.2, 0.25) is 0 Å². The molecule has 0 amide bonds. The fourth-order valence-electron chi connectivity index (χ4n) is 1.67. The van der Waals surface area contributed by atoms with E-state index in [2.05, 4.69) is 4.98 Å². The average Bonchev–Trinajstić information content (AvgIpc) is 2.48. The van der Waals surface area contributed by atoms with E-state index in [1.165, 1.54) is 30.6 Å². The van der Waals surface area contributed by atoms with Crippen molar-refractivity contribution >= 4 is 15.8 Å². The van der Waals surface area contributed by atoms with E-state index in [0.717, 1.165) is 0 Å². The molecule has 1 aromatic heterocycles. The van der Waals surface area contributed by atoms with Crippen molar-refractivity contribution in [1.82, 2.24) is 4.98 Å². The molecule has 1 N–H and O–H groups in total. The van der Waals surface area contributed by atoms with Crippen molar-refractivity contribution in [2.24, 2.45) is 0 Å². The summed E-state index contributed by atoms with van der Waals surface area (Å²) < 4.78 is 29.5. The molecule has 6 nitrogen and oxygen atoms in total. The third-order valence-electron chi connectivity index (χ3n) is 2.75. The van der Waals surface area contributed by atoms with Gasteiger partial charge >= 0.3 is 5.97 Å².